The number of imide groups is 1. The molecule has 0 aromatic heterocycles. The highest BCUT2D eigenvalue weighted by atomic mass is 19.4. The number of ether oxygens (including phenoxy) is 1. The summed E-state index contributed by atoms with van der Waals surface area (Å²) in [6.07, 6.45) is 0.672. The first-order chi connectivity index (χ1) is 13.5. The lowest BCUT2D eigenvalue weighted by Gasteiger charge is -2.23. The minimum atomic E-state index is -4.46. The van der Waals surface area contributed by atoms with Crippen molar-refractivity contribution in [3.8, 4) is 12.3 Å². The number of hydrogen-bond acceptors (Lipinski definition) is 5. The van der Waals surface area contributed by atoms with Gasteiger partial charge in [0.25, 0.3) is 5.91 Å². The summed E-state index contributed by atoms with van der Waals surface area (Å²) in [4.78, 5) is 38.3. The quantitative estimate of drug-likeness (QED) is 0.424. The second kappa shape index (κ2) is 8.86. The van der Waals surface area contributed by atoms with E-state index < -0.39 is 42.4 Å². The molecule has 1 heterocycles. The number of nitrogens with one attached hydrogen (secondary N) is 1. The number of terminal acetylenes is 1. The summed E-state index contributed by atoms with van der Waals surface area (Å²) >= 11 is 0. The average molecular weight is 411 g/mol. The number of anilines is 1. The molecule has 156 valence electrons. The highest BCUT2D eigenvalue weighted by Gasteiger charge is 2.37. The van der Waals surface area contributed by atoms with Gasteiger partial charge in [-0.2, -0.15) is 13.2 Å². The summed E-state index contributed by atoms with van der Waals surface area (Å²) in [7, 11) is 0. The summed E-state index contributed by atoms with van der Waals surface area (Å²) in [6, 6.07) is 2.64. The first-order valence-electron chi connectivity index (χ1n) is 8.67. The summed E-state index contributed by atoms with van der Waals surface area (Å²) in [5, 5.41) is 2.82. The predicted molar refractivity (Wildman–Crippen MR) is 97.3 cm³/mol. The highest BCUT2D eigenvalue weighted by molar-refractivity contribution is 6.02. The Morgan fingerprint density at radius 1 is 1.28 bits per heavy atom. The molecule has 1 saturated heterocycles. The predicted octanol–water partition coefficient (Wildman–Crippen LogP) is 2.54. The van der Waals surface area contributed by atoms with Gasteiger partial charge in [-0.3, -0.25) is 4.79 Å². The average Bonchev–Trinajstić information content (AvgIpc) is 2.90. The molecular formula is C19H20F3N3O4. The molecule has 29 heavy (non-hydrogen) atoms. The van der Waals surface area contributed by atoms with Crippen LogP contribution in [0.3, 0.4) is 0 Å². The van der Waals surface area contributed by atoms with E-state index in [9.17, 15) is 27.6 Å². The Bertz CT molecular complexity index is 815. The Labute approximate surface area is 165 Å². The van der Waals surface area contributed by atoms with Crippen molar-refractivity contribution in [2.75, 3.05) is 25.1 Å². The van der Waals surface area contributed by atoms with E-state index in [2.05, 4.69) is 11.2 Å². The van der Waals surface area contributed by atoms with E-state index >= 15 is 0 Å². The van der Waals surface area contributed by atoms with Gasteiger partial charge in [0.1, 0.15) is 12.6 Å². The lowest BCUT2D eigenvalue weighted by Crippen LogP contribution is -2.40. The van der Waals surface area contributed by atoms with Crippen LogP contribution in [-0.4, -0.2) is 53.6 Å². The van der Waals surface area contributed by atoms with Crippen LogP contribution in [0.2, 0.25) is 0 Å². The molecule has 1 fully saturated rings. The van der Waals surface area contributed by atoms with Crippen molar-refractivity contribution in [2.45, 2.75) is 26.1 Å². The topological polar surface area (TPSA) is 79.0 Å². The second-order valence-corrected chi connectivity index (χ2v) is 6.70. The minimum Gasteiger partial charge on any atom is -0.442 e. The van der Waals surface area contributed by atoms with Gasteiger partial charge in [-0.05, 0) is 30.2 Å². The van der Waals surface area contributed by atoms with E-state index in [0.717, 1.165) is 21.9 Å². The molecule has 0 aliphatic carbocycles. The van der Waals surface area contributed by atoms with Crippen LogP contribution in [0.5, 0.6) is 0 Å². The maximum absolute atomic E-state index is 12.7. The van der Waals surface area contributed by atoms with Gasteiger partial charge in [-0.25, -0.2) is 14.5 Å². The number of esters is 1. The Balaban J connectivity index is 2.00. The van der Waals surface area contributed by atoms with E-state index in [1.54, 1.807) is 13.8 Å². The van der Waals surface area contributed by atoms with Crippen molar-refractivity contribution < 1.29 is 32.3 Å². The van der Waals surface area contributed by atoms with E-state index in [4.69, 9.17) is 11.2 Å². The van der Waals surface area contributed by atoms with Crippen molar-refractivity contribution in [1.82, 2.24) is 9.80 Å². The van der Waals surface area contributed by atoms with Crippen molar-refractivity contribution in [3.63, 3.8) is 0 Å². The first kappa shape index (κ1) is 22.1. The summed E-state index contributed by atoms with van der Waals surface area (Å²) < 4.78 is 43.1. The molecule has 1 unspecified atom stereocenters. The summed E-state index contributed by atoms with van der Waals surface area (Å²) in [5.41, 5.74) is -0.517. The molecule has 2 rings (SSSR count). The van der Waals surface area contributed by atoms with Crippen molar-refractivity contribution >= 4 is 23.6 Å². The number of benzene rings is 1. The zero-order chi connectivity index (χ0) is 21.8. The fourth-order valence-corrected chi connectivity index (χ4v) is 2.61. The Kier molecular flexibility index (Phi) is 6.74. The van der Waals surface area contributed by atoms with Crippen LogP contribution in [-0.2, 0) is 20.5 Å². The van der Waals surface area contributed by atoms with Crippen LogP contribution in [0.25, 0.3) is 0 Å². The van der Waals surface area contributed by atoms with E-state index in [-0.39, 0.29) is 19.0 Å². The van der Waals surface area contributed by atoms with Crippen LogP contribution >= 0.6 is 0 Å². The van der Waals surface area contributed by atoms with Crippen LogP contribution in [0.1, 0.15) is 19.4 Å². The Morgan fingerprint density at radius 3 is 2.41 bits per heavy atom. The number of carbonyl (C=O) groups is 3. The normalized spacial score (nSPS) is 15.5. The van der Waals surface area contributed by atoms with Gasteiger partial charge in [-0.15, -0.1) is 6.42 Å². The van der Waals surface area contributed by atoms with Gasteiger partial charge in [0.15, 0.2) is 6.73 Å². The van der Waals surface area contributed by atoms with Gasteiger partial charge in [-0.1, -0.05) is 19.8 Å². The van der Waals surface area contributed by atoms with Crippen LogP contribution in [0.15, 0.2) is 24.3 Å². The zero-order valence-electron chi connectivity index (χ0n) is 15.8. The number of rotatable bonds is 7. The molecule has 0 spiro atoms. The zero-order valence-corrected chi connectivity index (χ0v) is 15.8. The first-order valence-corrected chi connectivity index (χ1v) is 8.67. The standard InChI is InChI=1S/C19H20F3N3O4/c1-4-9-24-10-15(26)25(18(24)28)11-29-17(27)16(12(2)3)23-14-7-5-13(6-8-14)19(20,21)22/h1,5-8,12,16,23H,9-11H2,2-3H3. The molecule has 10 heteroatoms. The van der Waals surface area contributed by atoms with E-state index in [0.29, 0.717) is 5.69 Å². The van der Waals surface area contributed by atoms with Crippen LogP contribution in [0.4, 0.5) is 23.7 Å². The fraction of sp³-hybridized carbons (Fsp3) is 0.421. The summed E-state index contributed by atoms with van der Waals surface area (Å²) in [5.74, 6) is 0.673. The third-order valence-electron chi connectivity index (χ3n) is 4.20. The maximum atomic E-state index is 12.7. The Morgan fingerprint density at radius 2 is 1.90 bits per heavy atom. The maximum Gasteiger partial charge on any atom is 0.416 e. The van der Waals surface area contributed by atoms with Gasteiger partial charge in [0.05, 0.1) is 12.1 Å². The summed E-state index contributed by atoms with van der Waals surface area (Å²) in [6.45, 7) is 2.61. The Hall–Kier alpha value is -3.22. The van der Waals surface area contributed by atoms with Crippen molar-refractivity contribution in [3.05, 3.63) is 29.8 Å². The van der Waals surface area contributed by atoms with Crippen molar-refractivity contribution in [2.24, 2.45) is 5.92 Å². The molecule has 1 aromatic rings. The molecule has 3 amide bonds. The van der Waals surface area contributed by atoms with Gasteiger partial charge >= 0.3 is 18.2 Å². The number of nitrogens with zero attached hydrogens (tertiary/aromatic N) is 2. The number of carbonyl (C=O) groups excluding carboxylic acids is 3. The molecular weight excluding hydrogens is 391 g/mol. The molecule has 1 atom stereocenters. The fourth-order valence-electron chi connectivity index (χ4n) is 2.61. The molecule has 0 saturated carbocycles. The minimum absolute atomic E-state index is 0.0425. The van der Waals surface area contributed by atoms with E-state index in [1.807, 2.05) is 0 Å². The van der Waals surface area contributed by atoms with Crippen LogP contribution < -0.4 is 5.32 Å². The highest BCUT2D eigenvalue weighted by Crippen LogP contribution is 2.30. The van der Waals surface area contributed by atoms with Gasteiger partial charge in [0.2, 0.25) is 0 Å². The molecule has 1 N–H and O–H groups in total. The third-order valence-corrected chi connectivity index (χ3v) is 4.20. The molecule has 7 nitrogen and oxygen atoms in total. The molecule has 1 aromatic carbocycles. The number of amides is 3. The monoisotopic (exact) mass is 411 g/mol. The lowest BCUT2D eigenvalue weighted by atomic mass is 10.0. The molecule has 1 aliphatic heterocycles. The largest absolute Gasteiger partial charge is 0.442 e. The third kappa shape index (κ3) is 5.40. The number of alkyl halides is 3. The second-order valence-electron chi connectivity index (χ2n) is 6.70. The van der Waals surface area contributed by atoms with Crippen molar-refractivity contribution in [1.29, 1.82) is 0 Å². The molecule has 0 bridgehead atoms. The smallest absolute Gasteiger partial charge is 0.416 e. The number of halogens is 3. The van der Waals surface area contributed by atoms with E-state index in [1.165, 1.54) is 12.1 Å². The number of urea groups is 1. The SMILES string of the molecule is C#CCN1CC(=O)N(COC(=O)C(Nc2ccc(C(F)(F)F)cc2)C(C)C)C1=O. The number of hydrogen-bond donors (Lipinski definition) is 1. The van der Waals surface area contributed by atoms with Crippen LogP contribution in [0, 0.1) is 18.3 Å². The van der Waals surface area contributed by atoms with Gasteiger partial charge < -0.3 is 15.0 Å². The molecule has 1 aliphatic rings. The lowest BCUT2D eigenvalue weighted by molar-refractivity contribution is -0.151. The molecule has 0 radical (unpaired) electrons. The van der Waals surface area contributed by atoms with Gasteiger partial charge in [0, 0.05) is 5.69 Å².